The van der Waals surface area contributed by atoms with Crippen molar-refractivity contribution in [2.75, 3.05) is 19.7 Å². The van der Waals surface area contributed by atoms with E-state index in [1.54, 1.807) is 0 Å². The first-order valence-corrected chi connectivity index (χ1v) is 9.75. The van der Waals surface area contributed by atoms with Crippen LogP contribution in [0.5, 0.6) is 5.75 Å². The zero-order chi connectivity index (χ0) is 18.2. The summed E-state index contributed by atoms with van der Waals surface area (Å²) in [5, 5.41) is 3.70. The highest BCUT2D eigenvalue weighted by atomic mass is 79.9. The van der Waals surface area contributed by atoms with Crippen LogP contribution >= 0.6 is 27.5 Å². The molecule has 0 unspecified atom stereocenters. The molecular weight excluding hydrogens is 408 g/mol. The molecule has 1 aromatic rings. The number of halogens is 2. The molecule has 0 radical (unpaired) electrons. The van der Waals surface area contributed by atoms with Crippen molar-refractivity contribution in [3.8, 4) is 5.75 Å². The van der Waals surface area contributed by atoms with Crippen LogP contribution in [0.2, 0.25) is 5.02 Å². The number of fused-ring (bicyclic) bond motifs is 1. The molecule has 138 valence electrons. The number of rotatable bonds is 2. The van der Waals surface area contributed by atoms with E-state index in [1.165, 1.54) is 0 Å². The average Bonchev–Trinajstić information content (AvgIpc) is 2.92. The van der Waals surface area contributed by atoms with Gasteiger partial charge in [-0.25, -0.2) is 4.79 Å². The van der Waals surface area contributed by atoms with Crippen LogP contribution in [0.15, 0.2) is 16.6 Å². The molecule has 0 saturated carbocycles. The quantitative estimate of drug-likeness (QED) is 0.748. The predicted octanol–water partition coefficient (Wildman–Crippen LogP) is 4.53. The monoisotopic (exact) mass is 430 g/mol. The third kappa shape index (κ3) is 4.60. The van der Waals surface area contributed by atoms with Crippen molar-refractivity contribution in [2.24, 2.45) is 0 Å². The molecule has 1 aromatic carbocycles. The Morgan fingerprint density at radius 3 is 2.88 bits per heavy atom. The second kappa shape index (κ2) is 7.33. The lowest BCUT2D eigenvalue weighted by atomic mass is 9.99. The number of amides is 1. The van der Waals surface area contributed by atoms with Gasteiger partial charge in [0.05, 0.1) is 11.6 Å². The number of carbonyl (C=O) groups is 1. The van der Waals surface area contributed by atoms with E-state index >= 15 is 0 Å². The fourth-order valence-electron chi connectivity index (χ4n) is 3.46. The minimum Gasteiger partial charge on any atom is -0.493 e. The first-order chi connectivity index (χ1) is 11.7. The van der Waals surface area contributed by atoms with Gasteiger partial charge in [-0.05, 0) is 39.3 Å². The molecular formula is C18H24BrClN2O3. The number of hydrogen-bond acceptors (Lipinski definition) is 4. The molecule has 0 aromatic heterocycles. The summed E-state index contributed by atoms with van der Waals surface area (Å²) in [6, 6.07) is 4.19. The molecule has 1 fully saturated rings. The van der Waals surface area contributed by atoms with Gasteiger partial charge in [0.15, 0.2) is 0 Å². The van der Waals surface area contributed by atoms with E-state index in [0.29, 0.717) is 6.61 Å². The van der Waals surface area contributed by atoms with Crippen molar-refractivity contribution in [1.29, 1.82) is 0 Å². The number of carbonyl (C=O) groups excluding carboxylic acids is 1. The Kier molecular flexibility index (Phi) is 5.51. The molecule has 25 heavy (non-hydrogen) atoms. The first-order valence-electron chi connectivity index (χ1n) is 8.58. The number of likely N-dealkylation sites (tertiary alicyclic amines) is 1. The normalized spacial score (nSPS) is 23.7. The maximum Gasteiger partial charge on any atom is 0.407 e. The number of alkyl carbamates (subject to hydrolysis) is 1. The van der Waals surface area contributed by atoms with E-state index in [-0.39, 0.29) is 18.2 Å². The number of hydrogen-bond donors (Lipinski definition) is 1. The lowest BCUT2D eigenvalue weighted by Gasteiger charge is -2.34. The Morgan fingerprint density at radius 2 is 2.16 bits per heavy atom. The number of benzene rings is 1. The van der Waals surface area contributed by atoms with Gasteiger partial charge in [0.25, 0.3) is 0 Å². The predicted molar refractivity (Wildman–Crippen MR) is 101 cm³/mol. The van der Waals surface area contributed by atoms with Crippen LogP contribution in [0.4, 0.5) is 4.79 Å². The SMILES string of the molecule is CC(C)(C)OC(=O)N[C@@H]1CCN([C@H]2CCOc3cc(Br)cc(Cl)c32)C1. The standard InChI is InChI=1S/C18H24BrClN2O3/c1-18(2,3)25-17(23)21-12-4-6-22(10-12)14-5-7-24-15-9-11(19)8-13(20)16(14)15/h8-9,12,14H,4-7,10H2,1-3H3,(H,21,23)/t12-,14+/m1/s1. The Hall–Kier alpha value is -0.980. The third-order valence-corrected chi connectivity index (χ3v) is 5.19. The maximum atomic E-state index is 12.0. The van der Waals surface area contributed by atoms with Crippen LogP contribution in [0.1, 0.15) is 45.2 Å². The third-order valence-electron chi connectivity index (χ3n) is 4.42. The van der Waals surface area contributed by atoms with Crippen LogP contribution in [0.25, 0.3) is 0 Å². The summed E-state index contributed by atoms with van der Waals surface area (Å²) in [7, 11) is 0. The van der Waals surface area contributed by atoms with Gasteiger partial charge in [0, 0.05) is 41.6 Å². The Labute approximate surface area is 162 Å². The number of nitrogens with one attached hydrogen (secondary N) is 1. The number of ether oxygens (including phenoxy) is 2. The zero-order valence-electron chi connectivity index (χ0n) is 14.8. The summed E-state index contributed by atoms with van der Waals surface area (Å²) in [4.78, 5) is 14.4. The van der Waals surface area contributed by atoms with Gasteiger partial charge in [0.2, 0.25) is 0 Å². The topological polar surface area (TPSA) is 50.8 Å². The van der Waals surface area contributed by atoms with Crippen molar-refractivity contribution in [2.45, 2.75) is 51.3 Å². The maximum absolute atomic E-state index is 12.0. The Balaban J connectivity index is 1.67. The molecule has 2 atom stereocenters. The lowest BCUT2D eigenvalue weighted by molar-refractivity contribution is 0.0503. The van der Waals surface area contributed by atoms with Crippen molar-refractivity contribution in [3.05, 3.63) is 27.2 Å². The Bertz CT molecular complexity index is 662. The Morgan fingerprint density at radius 1 is 1.40 bits per heavy atom. The molecule has 5 nitrogen and oxygen atoms in total. The minimum atomic E-state index is -0.483. The summed E-state index contributed by atoms with van der Waals surface area (Å²) in [6.45, 7) is 7.98. The van der Waals surface area contributed by atoms with Crippen LogP contribution in [-0.2, 0) is 4.74 Å². The molecule has 2 heterocycles. The van der Waals surface area contributed by atoms with Crippen molar-refractivity contribution in [1.82, 2.24) is 10.2 Å². The highest BCUT2D eigenvalue weighted by molar-refractivity contribution is 9.10. The summed E-state index contributed by atoms with van der Waals surface area (Å²) >= 11 is 9.95. The highest BCUT2D eigenvalue weighted by Gasteiger charge is 2.35. The van der Waals surface area contributed by atoms with E-state index in [0.717, 1.165) is 46.7 Å². The summed E-state index contributed by atoms with van der Waals surface area (Å²) in [5.74, 6) is 0.846. The molecule has 1 saturated heterocycles. The minimum absolute atomic E-state index is 0.0929. The number of nitrogens with zero attached hydrogens (tertiary/aromatic N) is 1. The van der Waals surface area contributed by atoms with Gasteiger partial charge in [-0.1, -0.05) is 27.5 Å². The molecule has 3 rings (SSSR count). The largest absolute Gasteiger partial charge is 0.493 e. The molecule has 0 bridgehead atoms. The molecule has 7 heteroatoms. The summed E-state index contributed by atoms with van der Waals surface area (Å²) in [6.07, 6.45) is 1.45. The molecule has 1 N–H and O–H groups in total. The molecule has 1 amide bonds. The molecule has 2 aliphatic rings. The van der Waals surface area contributed by atoms with Gasteiger partial charge in [0.1, 0.15) is 11.4 Å². The van der Waals surface area contributed by atoms with Crippen LogP contribution in [0, 0.1) is 0 Å². The van der Waals surface area contributed by atoms with Gasteiger partial charge in [-0.15, -0.1) is 0 Å². The van der Waals surface area contributed by atoms with Crippen LogP contribution in [0.3, 0.4) is 0 Å². The fraction of sp³-hybridized carbons (Fsp3) is 0.611. The highest BCUT2D eigenvalue weighted by Crippen LogP contribution is 2.43. The van der Waals surface area contributed by atoms with Crippen molar-refractivity contribution in [3.63, 3.8) is 0 Å². The second-order valence-corrected chi connectivity index (χ2v) is 8.90. The molecule has 0 spiro atoms. The van der Waals surface area contributed by atoms with E-state index in [4.69, 9.17) is 21.1 Å². The van der Waals surface area contributed by atoms with E-state index in [1.807, 2.05) is 32.9 Å². The summed E-state index contributed by atoms with van der Waals surface area (Å²) in [5.41, 5.74) is 0.567. The summed E-state index contributed by atoms with van der Waals surface area (Å²) < 4.78 is 12.1. The smallest absolute Gasteiger partial charge is 0.407 e. The fourth-order valence-corrected chi connectivity index (χ4v) is 4.36. The van der Waals surface area contributed by atoms with Gasteiger partial charge >= 0.3 is 6.09 Å². The second-order valence-electron chi connectivity index (χ2n) is 7.58. The van der Waals surface area contributed by atoms with E-state index in [2.05, 4.69) is 26.1 Å². The lowest BCUT2D eigenvalue weighted by Crippen LogP contribution is -2.41. The van der Waals surface area contributed by atoms with Gasteiger partial charge in [-0.3, -0.25) is 4.90 Å². The van der Waals surface area contributed by atoms with Crippen molar-refractivity contribution < 1.29 is 14.3 Å². The zero-order valence-corrected chi connectivity index (χ0v) is 17.1. The van der Waals surface area contributed by atoms with Crippen LogP contribution < -0.4 is 10.1 Å². The molecule has 0 aliphatic carbocycles. The van der Waals surface area contributed by atoms with Crippen LogP contribution in [-0.4, -0.2) is 42.3 Å². The van der Waals surface area contributed by atoms with Crippen molar-refractivity contribution >= 4 is 33.6 Å². The van der Waals surface area contributed by atoms with Gasteiger partial charge in [-0.2, -0.15) is 0 Å². The first kappa shape index (κ1) is 18.8. The average molecular weight is 432 g/mol. The van der Waals surface area contributed by atoms with E-state index in [9.17, 15) is 4.79 Å². The van der Waals surface area contributed by atoms with E-state index < -0.39 is 5.60 Å². The molecule has 2 aliphatic heterocycles. The van der Waals surface area contributed by atoms with Gasteiger partial charge < -0.3 is 14.8 Å².